The van der Waals surface area contributed by atoms with Crippen LogP contribution in [0.25, 0.3) is 0 Å². The molecule has 0 aliphatic heterocycles. The molecule has 0 saturated heterocycles. The maximum absolute atomic E-state index is 9.18. The predicted octanol–water partition coefficient (Wildman–Crippen LogP) is 0.247. The minimum Gasteiger partial charge on any atom is -0.394 e. The fourth-order valence-corrected chi connectivity index (χ4v) is 0.780. The van der Waals surface area contributed by atoms with Gasteiger partial charge in [0.15, 0.2) is 0 Å². The largest absolute Gasteiger partial charge is 0.394 e. The van der Waals surface area contributed by atoms with E-state index in [9.17, 15) is 5.11 Å². The summed E-state index contributed by atoms with van der Waals surface area (Å²) in [5.74, 6) is 0. The molecule has 0 heterocycles. The third-order valence-corrected chi connectivity index (χ3v) is 1.88. The number of aliphatic hydroxyl groups is 2. The normalized spacial score (nSPS) is 19.4. The Hall–Kier alpha value is -0.120. The molecule has 0 radical (unpaired) electrons. The monoisotopic (exact) mass is 161 g/mol. The van der Waals surface area contributed by atoms with Crippen molar-refractivity contribution in [2.45, 2.75) is 44.8 Å². The Balaban J connectivity index is 3.52. The topological polar surface area (TPSA) is 66.5 Å². The summed E-state index contributed by atoms with van der Waals surface area (Å²) in [7, 11) is 0. The highest BCUT2D eigenvalue weighted by Gasteiger charge is 2.17. The van der Waals surface area contributed by atoms with Gasteiger partial charge in [0.2, 0.25) is 0 Å². The minimum absolute atomic E-state index is 0.0244. The summed E-state index contributed by atoms with van der Waals surface area (Å²) >= 11 is 0. The predicted molar refractivity (Wildman–Crippen MR) is 45.2 cm³/mol. The van der Waals surface area contributed by atoms with Crippen LogP contribution in [-0.2, 0) is 0 Å². The van der Waals surface area contributed by atoms with E-state index in [4.69, 9.17) is 10.8 Å². The molecule has 0 aromatic carbocycles. The molecule has 11 heavy (non-hydrogen) atoms. The third kappa shape index (κ3) is 5.18. The van der Waals surface area contributed by atoms with Gasteiger partial charge in [-0.25, -0.2) is 0 Å². The van der Waals surface area contributed by atoms with E-state index < -0.39 is 5.54 Å². The number of nitrogens with two attached hydrogens (primary N) is 1. The lowest BCUT2D eigenvalue weighted by molar-refractivity contribution is 0.131. The van der Waals surface area contributed by atoms with Gasteiger partial charge in [-0.15, -0.1) is 0 Å². The number of aliphatic hydroxyl groups excluding tert-OH is 2. The van der Waals surface area contributed by atoms with Crippen LogP contribution in [0.3, 0.4) is 0 Å². The Labute approximate surface area is 68.2 Å². The van der Waals surface area contributed by atoms with Crippen LogP contribution >= 0.6 is 0 Å². The van der Waals surface area contributed by atoms with Gasteiger partial charge in [0.25, 0.3) is 0 Å². The van der Waals surface area contributed by atoms with Crippen molar-refractivity contribution in [2.24, 2.45) is 5.73 Å². The van der Waals surface area contributed by atoms with Crippen LogP contribution in [0.1, 0.15) is 33.1 Å². The van der Waals surface area contributed by atoms with Crippen LogP contribution in [0.15, 0.2) is 0 Å². The Morgan fingerprint density at radius 1 is 1.55 bits per heavy atom. The van der Waals surface area contributed by atoms with E-state index in [-0.39, 0.29) is 12.7 Å². The van der Waals surface area contributed by atoms with Crippen molar-refractivity contribution in [3.63, 3.8) is 0 Å². The average Bonchev–Trinajstić information content (AvgIpc) is 2.00. The van der Waals surface area contributed by atoms with Crippen LogP contribution < -0.4 is 5.73 Å². The third-order valence-electron chi connectivity index (χ3n) is 1.88. The Bertz CT molecular complexity index is 104. The van der Waals surface area contributed by atoms with Crippen LogP contribution in [0.4, 0.5) is 0 Å². The highest BCUT2D eigenvalue weighted by molar-refractivity contribution is 4.77. The van der Waals surface area contributed by atoms with Gasteiger partial charge >= 0.3 is 0 Å². The second-order valence-electron chi connectivity index (χ2n) is 3.41. The smallest absolute Gasteiger partial charge is 0.0608 e. The summed E-state index contributed by atoms with van der Waals surface area (Å²) in [4.78, 5) is 0. The van der Waals surface area contributed by atoms with Gasteiger partial charge in [0, 0.05) is 5.54 Å². The Morgan fingerprint density at radius 2 is 2.09 bits per heavy atom. The highest BCUT2D eigenvalue weighted by Crippen LogP contribution is 2.11. The summed E-state index contributed by atoms with van der Waals surface area (Å²) in [5.41, 5.74) is 5.13. The maximum atomic E-state index is 9.18. The van der Waals surface area contributed by atoms with E-state index in [0.29, 0.717) is 12.8 Å². The molecule has 2 atom stereocenters. The van der Waals surface area contributed by atoms with Crippen molar-refractivity contribution >= 4 is 0 Å². The molecule has 0 rings (SSSR count). The molecule has 3 heteroatoms. The van der Waals surface area contributed by atoms with Crippen molar-refractivity contribution in [3.8, 4) is 0 Å². The van der Waals surface area contributed by atoms with Crippen LogP contribution in [0.2, 0.25) is 0 Å². The number of hydrogen-bond donors (Lipinski definition) is 3. The molecule has 0 spiro atoms. The van der Waals surface area contributed by atoms with Crippen molar-refractivity contribution in [2.75, 3.05) is 6.61 Å². The van der Waals surface area contributed by atoms with Crippen LogP contribution in [0.5, 0.6) is 0 Å². The van der Waals surface area contributed by atoms with Crippen LogP contribution in [-0.4, -0.2) is 28.5 Å². The first-order valence-corrected chi connectivity index (χ1v) is 4.09. The molecule has 0 amide bonds. The summed E-state index contributed by atoms with van der Waals surface area (Å²) in [6.45, 7) is 3.69. The Morgan fingerprint density at radius 3 is 2.45 bits per heavy atom. The summed E-state index contributed by atoms with van der Waals surface area (Å²) in [6.07, 6.45) is 1.81. The lowest BCUT2D eigenvalue weighted by atomic mass is 9.96. The first-order valence-electron chi connectivity index (χ1n) is 4.09. The molecule has 0 aromatic heterocycles. The number of hydrogen-bond acceptors (Lipinski definition) is 3. The first-order chi connectivity index (χ1) is 5.02. The minimum atomic E-state index is -0.532. The lowest BCUT2D eigenvalue weighted by Crippen LogP contribution is -2.40. The molecule has 0 fully saturated rings. The molecule has 4 N–H and O–H groups in total. The Kier molecular flexibility index (Phi) is 4.65. The van der Waals surface area contributed by atoms with Gasteiger partial charge in [-0.2, -0.15) is 0 Å². The fraction of sp³-hybridized carbons (Fsp3) is 1.00. The van der Waals surface area contributed by atoms with E-state index in [1.54, 1.807) is 6.92 Å². The van der Waals surface area contributed by atoms with E-state index in [1.807, 2.05) is 6.92 Å². The zero-order valence-corrected chi connectivity index (χ0v) is 7.38. The molecule has 0 aliphatic rings. The van der Waals surface area contributed by atoms with Crippen molar-refractivity contribution < 1.29 is 10.2 Å². The van der Waals surface area contributed by atoms with Gasteiger partial charge in [-0.05, 0) is 26.2 Å². The van der Waals surface area contributed by atoms with E-state index >= 15 is 0 Å². The van der Waals surface area contributed by atoms with Crippen LogP contribution in [0, 0.1) is 0 Å². The summed E-state index contributed by atoms with van der Waals surface area (Å²) in [6, 6.07) is 0. The maximum Gasteiger partial charge on any atom is 0.0608 e. The van der Waals surface area contributed by atoms with E-state index in [1.165, 1.54) is 0 Å². The van der Waals surface area contributed by atoms with Gasteiger partial charge in [-0.3, -0.25) is 0 Å². The highest BCUT2D eigenvalue weighted by atomic mass is 16.3. The quantitative estimate of drug-likeness (QED) is 0.541. The standard InChI is InChI=1S/C8H19NO2/c1-3-7(11)4-5-8(2,9)6-10/h7,10-11H,3-6,9H2,1-2H3. The molecule has 0 bridgehead atoms. The van der Waals surface area contributed by atoms with Crippen molar-refractivity contribution in [3.05, 3.63) is 0 Å². The molecule has 0 saturated carbocycles. The molecular formula is C8H19NO2. The molecule has 0 aromatic rings. The summed E-state index contributed by atoms with van der Waals surface area (Å²) in [5, 5.41) is 18.0. The second kappa shape index (κ2) is 4.70. The summed E-state index contributed by atoms with van der Waals surface area (Å²) < 4.78 is 0. The molecule has 3 nitrogen and oxygen atoms in total. The lowest BCUT2D eigenvalue weighted by Gasteiger charge is -2.22. The number of rotatable bonds is 5. The van der Waals surface area contributed by atoms with Gasteiger partial charge in [-0.1, -0.05) is 6.92 Å². The fourth-order valence-electron chi connectivity index (χ4n) is 0.780. The zero-order valence-electron chi connectivity index (χ0n) is 7.38. The SMILES string of the molecule is CCC(O)CCC(C)(N)CO. The first kappa shape index (κ1) is 10.9. The van der Waals surface area contributed by atoms with Gasteiger partial charge < -0.3 is 15.9 Å². The van der Waals surface area contributed by atoms with Crippen molar-refractivity contribution in [1.82, 2.24) is 0 Å². The van der Waals surface area contributed by atoms with E-state index in [2.05, 4.69) is 0 Å². The van der Waals surface area contributed by atoms with E-state index in [0.717, 1.165) is 6.42 Å². The average molecular weight is 161 g/mol. The molecule has 0 aliphatic carbocycles. The molecule has 2 unspecified atom stereocenters. The van der Waals surface area contributed by atoms with Gasteiger partial charge in [0.1, 0.15) is 0 Å². The van der Waals surface area contributed by atoms with Gasteiger partial charge in [0.05, 0.1) is 12.7 Å². The van der Waals surface area contributed by atoms with Crippen molar-refractivity contribution in [1.29, 1.82) is 0 Å². The zero-order chi connectivity index (χ0) is 8.91. The second-order valence-corrected chi connectivity index (χ2v) is 3.41. The molecular weight excluding hydrogens is 142 g/mol. The molecule has 68 valence electrons.